The number of fused-ring (bicyclic) bond motifs is 1. The molecule has 0 spiro atoms. The van der Waals surface area contributed by atoms with Crippen molar-refractivity contribution in [2.45, 2.75) is 31.8 Å². The molecule has 0 radical (unpaired) electrons. The maximum Gasteiger partial charge on any atom is 0.315 e. The highest BCUT2D eigenvalue weighted by Gasteiger charge is 2.23. The molecule has 2 amide bonds. The van der Waals surface area contributed by atoms with Crippen molar-refractivity contribution in [2.75, 3.05) is 19.0 Å². The van der Waals surface area contributed by atoms with Crippen LogP contribution in [0.25, 0.3) is 0 Å². The average molecular weight is 314 g/mol. The van der Waals surface area contributed by atoms with Crippen molar-refractivity contribution in [3.63, 3.8) is 0 Å². The number of hydrogen-bond donors (Lipinski definition) is 3. The Balaban J connectivity index is 1.56. The molecule has 2 aromatic rings. The van der Waals surface area contributed by atoms with Gasteiger partial charge in [-0.2, -0.15) is 5.10 Å². The third-order valence-electron chi connectivity index (χ3n) is 4.02. The van der Waals surface area contributed by atoms with Gasteiger partial charge in [0.15, 0.2) is 0 Å². The largest absolute Gasteiger partial charge is 0.363 e. The molecular formula is C16H22N6O. The van der Waals surface area contributed by atoms with E-state index >= 15 is 0 Å². The van der Waals surface area contributed by atoms with Gasteiger partial charge in [0.25, 0.3) is 0 Å². The molecule has 23 heavy (non-hydrogen) atoms. The number of carbonyl (C=O) groups excluding carboxylic acids is 1. The summed E-state index contributed by atoms with van der Waals surface area (Å²) in [4.78, 5) is 18.6. The Kier molecular flexibility index (Phi) is 4.45. The van der Waals surface area contributed by atoms with E-state index in [-0.39, 0.29) is 12.1 Å². The van der Waals surface area contributed by atoms with Gasteiger partial charge in [0.2, 0.25) is 0 Å². The van der Waals surface area contributed by atoms with Crippen LogP contribution >= 0.6 is 0 Å². The van der Waals surface area contributed by atoms with Crippen molar-refractivity contribution in [1.29, 1.82) is 0 Å². The summed E-state index contributed by atoms with van der Waals surface area (Å²) >= 11 is 0. The van der Waals surface area contributed by atoms with E-state index in [1.165, 1.54) is 5.56 Å². The zero-order valence-corrected chi connectivity index (χ0v) is 13.5. The molecule has 3 rings (SSSR count). The van der Waals surface area contributed by atoms with E-state index in [4.69, 9.17) is 0 Å². The third kappa shape index (κ3) is 3.61. The number of aromatic nitrogens is 3. The van der Waals surface area contributed by atoms with Crippen LogP contribution in [0.1, 0.15) is 35.8 Å². The Morgan fingerprint density at radius 2 is 2.30 bits per heavy atom. The predicted molar refractivity (Wildman–Crippen MR) is 88.2 cm³/mol. The number of anilines is 1. The normalized spacial score (nSPS) is 16.5. The molecule has 7 heteroatoms. The zero-order chi connectivity index (χ0) is 16.2. The molecule has 0 bridgehead atoms. The molecule has 1 aliphatic carbocycles. The second-order valence-electron chi connectivity index (χ2n) is 5.96. The number of aromatic amines is 1. The lowest BCUT2D eigenvalue weighted by molar-refractivity contribution is 0.234. The fourth-order valence-corrected chi connectivity index (χ4v) is 2.80. The fourth-order valence-electron chi connectivity index (χ4n) is 2.80. The molecule has 0 aliphatic heterocycles. The van der Waals surface area contributed by atoms with E-state index in [0.717, 1.165) is 36.5 Å². The summed E-state index contributed by atoms with van der Waals surface area (Å²) in [6.07, 6.45) is 4.85. The van der Waals surface area contributed by atoms with Crippen molar-refractivity contribution < 1.29 is 4.79 Å². The highest BCUT2D eigenvalue weighted by atomic mass is 16.2. The molecule has 3 N–H and O–H groups in total. The molecule has 0 aromatic carbocycles. The number of amides is 2. The van der Waals surface area contributed by atoms with Gasteiger partial charge in [-0.1, -0.05) is 6.07 Å². The number of aryl methyl sites for hydroxylation is 1. The highest BCUT2D eigenvalue weighted by Crippen LogP contribution is 2.27. The summed E-state index contributed by atoms with van der Waals surface area (Å²) in [6, 6.07) is 5.60. The molecule has 1 atom stereocenters. The number of nitrogens with one attached hydrogen (secondary N) is 3. The second-order valence-corrected chi connectivity index (χ2v) is 5.96. The van der Waals surface area contributed by atoms with Gasteiger partial charge in [0, 0.05) is 14.1 Å². The molecule has 1 aliphatic rings. The Morgan fingerprint density at radius 3 is 3.13 bits per heavy atom. The van der Waals surface area contributed by atoms with Gasteiger partial charge in [-0.05, 0) is 37.0 Å². The number of pyridine rings is 1. The number of hydrogen-bond acceptors (Lipinski definition) is 4. The van der Waals surface area contributed by atoms with Gasteiger partial charge in [-0.15, -0.1) is 0 Å². The van der Waals surface area contributed by atoms with Crippen LogP contribution in [-0.4, -0.2) is 35.3 Å². The summed E-state index contributed by atoms with van der Waals surface area (Å²) in [7, 11) is 3.88. The Hall–Kier alpha value is -2.57. The summed E-state index contributed by atoms with van der Waals surface area (Å²) in [5.41, 5.74) is 3.05. The van der Waals surface area contributed by atoms with Gasteiger partial charge in [0.1, 0.15) is 5.82 Å². The van der Waals surface area contributed by atoms with Crippen molar-refractivity contribution in [3.8, 4) is 0 Å². The minimum atomic E-state index is -0.186. The number of urea groups is 1. The van der Waals surface area contributed by atoms with Gasteiger partial charge < -0.3 is 15.5 Å². The van der Waals surface area contributed by atoms with E-state index in [9.17, 15) is 4.79 Å². The molecule has 2 aromatic heterocycles. The van der Waals surface area contributed by atoms with Gasteiger partial charge in [-0.25, -0.2) is 9.78 Å². The van der Waals surface area contributed by atoms with Crippen LogP contribution in [0.3, 0.4) is 0 Å². The van der Waals surface area contributed by atoms with Crippen LogP contribution in [0.5, 0.6) is 0 Å². The molecule has 2 heterocycles. The Morgan fingerprint density at radius 1 is 1.43 bits per heavy atom. The van der Waals surface area contributed by atoms with E-state index in [1.807, 2.05) is 43.4 Å². The smallest absolute Gasteiger partial charge is 0.315 e. The number of nitrogens with zero attached hydrogens (tertiary/aromatic N) is 3. The van der Waals surface area contributed by atoms with Crippen molar-refractivity contribution >= 4 is 11.8 Å². The van der Waals surface area contributed by atoms with Crippen LogP contribution in [0.4, 0.5) is 10.6 Å². The van der Waals surface area contributed by atoms with E-state index in [1.54, 1.807) is 0 Å². The van der Waals surface area contributed by atoms with E-state index in [0.29, 0.717) is 6.54 Å². The van der Waals surface area contributed by atoms with Crippen LogP contribution in [0, 0.1) is 0 Å². The van der Waals surface area contributed by atoms with Crippen LogP contribution < -0.4 is 15.5 Å². The Labute approximate surface area is 135 Å². The first-order valence-corrected chi connectivity index (χ1v) is 7.83. The minimum Gasteiger partial charge on any atom is -0.363 e. The quantitative estimate of drug-likeness (QED) is 0.802. The lowest BCUT2D eigenvalue weighted by Gasteiger charge is -2.23. The zero-order valence-electron chi connectivity index (χ0n) is 13.5. The molecular weight excluding hydrogens is 292 g/mol. The lowest BCUT2D eigenvalue weighted by atomic mass is 9.94. The van der Waals surface area contributed by atoms with Crippen molar-refractivity contribution in [2.24, 2.45) is 0 Å². The van der Waals surface area contributed by atoms with Gasteiger partial charge in [-0.3, -0.25) is 5.10 Å². The number of rotatable bonds is 4. The third-order valence-corrected chi connectivity index (χ3v) is 4.02. The highest BCUT2D eigenvalue weighted by molar-refractivity contribution is 5.74. The molecule has 0 unspecified atom stereocenters. The lowest BCUT2D eigenvalue weighted by Crippen LogP contribution is -2.39. The average Bonchev–Trinajstić information content (AvgIpc) is 3.03. The molecule has 122 valence electrons. The molecule has 7 nitrogen and oxygen atoms in total. The van der Waals surface area contributed by atoms with Crippen LogP contribution in [0.15, 0.2) is 24.4 Å². The summed E-state index contributed by atoms with van der Waals surface area (Å²) in [5.74, 6) is 0.874. The van der Waals surface area contributed by atoms with E-state index < -0.39 is 0 Å². The van der Waals surface area contributed by atoms with Gasteiger partial charge in [0.05, 0.1) is 30.2 Å². The maximum atomic E-state index is 12.1. The number of carbonyl (C=O) groups is 1. The summed E-state index contributed by atoms with van der Waals surface area (Å²) < 4.78 is 0. The van der Waals surface area contributed by atoms with Gasteiger partial charge >= 0.3 is 6.03 Å². The van der Waals surface area contributed by atoms with Crippen LogP contribution in [-0.2, 0) is 13.0 Å². The first kappa shape index (κ1) is 15.3. The predicted octanol–water partition coefficient (Wildman–Crippen LogP) is 1.75. The first-order valence-electron chi connectivity index (χ1n) is 7.83. The topological polar surface area (TPSA) is 85.9 Å². The summed E-state index contributed by atoms with van der Waals surface area (Å²) in [5, 5.41) is 12.9. The molecule has 0 saturated carbocycles. The van der Waals surface area contributed by atoms with Crippen molar-refractivity contribution in [3.05, 3.63) is 41.3 Å². The fraction of sp³-hybridized carbons (Fsp3) is 0.438. The number of H-pyrrole nitrogens is 1. The van der Waals surface area contributed by atoms with Crippen LogP contribution in [0.2, 0.25) is 0 Å². The SMILES string of the molecule is CN(C)c1cccc(CNC(=O)N[C@H]2CCCc3cn[nH]c32)n1. The maximum absolute atomic E-state index is 12.1. The molecule has 0 fully saturated rings. The van der Waals surface area contributed by atoms with Crippen molar-refractivity contribution in [1.82, 2.24) is 25.8 Å². The summed E-state index contributed by atoms with van der Waals surface area (Å²) in [6.45, 7) is 0.399. The second kappa shape index (κ2) is 6.68. The molecule has 0 saturated heterocycles. The first-order chi connectivity index (χ1) is 11.1. The minimum absolute atomic E-state index is 0.00215. The van der Waals surface area contributed by atoms with E-state index in [2.05, 4.69) is 25.8 Å². The Bertz CT molecular complexity index is 681. The standard InChI is InChI=1S/C16H22N6O/c1-22(2)14-8-4-6-12(19-14)10-17-16(23)20-13-7-3-5-11-9-18-21-15(11)13/h4,6,8-9,13H,3,5,7,10H2,1-2H3,(H,18,21)(H2,17,20,23)/t13-/m0/s1. The monoisotopic (exact) mass is 314 g/mol.